The fourth-order valence-corrected chi connectivity index (χ4v) is 10.5. The molecular weight excluding hydrogens is 677 g/mol. The normalized spacial score (nSPS) is 30.8. The Labute approximate surface area is 309 Å². The van der Waals surface area contributed by atoms with E-state index in [0.29, 0.717) is 54.0 Å². The first kappa shape index (κ1) is 35.1. The Hall–Kier alpha value is -3.65. The smallest absolute Gasteiger partial charge is 0.319 e. The predicted octanol–water partition coefficient (Wildman–Crippen LogP) is 5.89. The second kappa shape index (κ2) is 13.3. The van der Waals surface area contributed by atoms with Gasteiger partial charge in [-0.3, -0.25) is 10.00 Å². The molecule has 2 N–H and O–H groups in total. The van der Waals surface area contributed by atoms with Crippen LogP contribution in [-0.2, 0) is 9.47 Å². The van der Waals surface area contributed by atoms with Gasteiger partial charge in [0.15, 0.2) is 5.82 Å². The van der Waals surface area contributed by atoms with Crippen LogP contribution in [0.2, 0.25) is 0 Å². The number of nitrogens with zero attached hydrogens (tertiary/aromatic N) is 6. The highest BCUT2D eigenvalue weighted by Gasteiger charge is 2.55. The molecule has 5 fully saturated rings. The lowest BCUT2D eigenvalue weighted by molar-refractivity contribution is -0.125. The number of methoxy groups -OCH3 is 1. The van der Waals surface area contributed by atoms with Crippen molar-refractivity contribution < 1.29 is 28.4 Å². The van der Waals surface area contributed by atoms with Crippen molar-refractivity contribution in [1.82, 2.24) is 30.0 Å². The summed E-state index contributed by atoms with van der Waals surface area (Å²) in [6.07, 6.45) is 12.2. The molecule has 0 amide bonds. The summed E-state index contributed by atoms with van der Waals surface area (Å²) in [6.45, 7) is 10.3. The van der Waals surface area contributed by atoms with Gasteiger partial charge in [-0.25, -0.2) is 9.37 Å². The average Bonchev–Trinajstić information content (AvgIpc) is 3.75. The van der Waals surface area contributed by atoms with E-state index in [9.17, 15) is 5.11 Å². The number of piperidine rings is 1. The maximum Gasteiger partial charge on any atom is 0.319 e. The molecule has 53 heavy (non-hydrogen) atoms. The number of ether oxygens (including phenoxy) is 4. The SMILES string of the molecule is COc1nc(-c2c(C)c(C)cc3[nH]ncc23)c(F)c2nc(OCC34CCCC3N(C3CC5(CCCOC5)C3)CCC4)nc(N3CCOCC(C)(O)C3)c12. The minimum atomic E-state index is -1.16. The number of nitrogens with one attached hydrogen (secondary N) is 1. The van der Waals surface area contributed by atoms with Crippen molar-refractivity contribution >= 4 is 27.6 Å². The van der Waals surface area contributed by atoms with Gasteiger partial charge in [0.1, 0.15) is 28.0 Å². The van der Waals surface area contributed by atoms with E-state index in [0.717, 1.165) is 73.9 Å². The van der Waals surface area contributed by atoms with Crippen LogP contribution >= 0.6 is 0 Å². The number of anilines is 1. The number of hydrogen-bond donors (Lipinski definition) is 2. The second-order valence-corrected chi connectivity index (χ2v) is 17.0. The van der Waals surface area contributed by atoms with Gasteiger partial charge in [-0.15, -0.1) is 0 Å². The van der Waals surface area contributed by atoms with Crippen molar-refractivity contribution in [3.63, 3.8) is 0 Å². The van der Waals surface area contributed by atoms with Crippen LogP contribution in [0.15, 0.2) is 12.3 Å². The molecule has 0 radical (unpaired) electrons. The van der Waals surface area contributed by atoms with E-state index in [1.807, 2.05) is 24.8 Å². The number of β-amino-alcohol motifs (C(OH)–C–C–N with tert-alkyl or cyclic N) is 1. The predicted molar refractivity (Wildman–Crippen MR) is 199 cm³/mol. The number of rotatable bonds is 7. The van der Waals surface area contributed by atoms with Crippen molar-refractivity contribution in [2.75, 3.05) is 64.7 Å². The van der Waals surface area contributed by atoms with Gasteiger partial charge in [0.05, 0.1) is 51.8 Å². The standard InChI is InChI=1S/C40H52FN7O5/c1-24-16-28-27(19-42-46-28)30(25(24)2)33-32(41)34-31(36(43-33)50-4)35(47-13-15-52-21-38(3,49)20-47)45-37(44-34)53-23-40-10-5-8-29(40)48(12-6-11-40)26-17-39(18-26)9-7-14-51-22-39/h16,19,26,29,49H,5-15,17-18,20-23H2,1-4H3,(H,42,46). The maximum absolute atomic E-state index is 17.3. The molecule has 9 rings (SSSR count). The minimum absolute atomic E-state index is 0.0200. The van der Waals surface area contributed by atoms with Crippen LogP contribution in [0.4, 0.5) is 10.2 Å². The number of aliphatic hydroxyl groups is 1. The fraction of sp³-hybridized carbons (Fsp3) is 0.650. The molecule has 1 aromatic carbocycles. The molecule has 12 nitrogen and oxygen atoms in total. The lowest BCUT2D eigenvalue weighted by Gasteiger charge is -2.58. The third-order valence-corrected chi connectivity index (χ3v) is 13.2. The zero-order chi connectivity index (χ0) is 36.5. The number of H-pyrrole nitrogens is 1. The number of halogens is 1. The van der Waals surface area contributed by atoms with E-state index in [1.165, 1.54) is 32.8 Å². The van der Waals surface area contributed by atoms with Crippen molar-refractivity contribution in [2.24, 2.45) is 10.8 Å². The molecule has 1 spiro atoms. The minimum Gasteiger partial charge on any atom is -0.480 e. The first-order valence-electron chi connectivity index (χ1n) is 19.5. The Morgan fingerprint density at radius 2 is 1.87 bits per heavy atom. The second-order valence-electron chi connectivity index (χ2n) is 17.0. The summed E-state index contributed by atoms with van der Waals surface area (Å²) >= 11 is 0. The van der Waals surface area contributed by atoms with Crippen molar-refractivity contribution in [1.29, 1.82) is 0 Å². The molecule has 0 bridgehead atoms. The van der Waals surface area contributed by atoms with Crippen molar-refractivity contribution in [3.05, 3.63) is 29.2 Å². The number of aromatic nitrogens is 5. The molecule has 4 aromatic rings. The van der Waals surface area contributed by atoms with E-state index in [1.54, 1.807) is 13.1 Å². The van der Waals surface area contributed by atoms with Crippen molar-refractivity contribution in [3.8, 4) is 23.1 Å². The number of benzene rings is 1. The summed E-state index contributed by atoms with van der Waals surface area (Å²) in [7, 11) is 1.52. The van der Waals surface area contributed by atoms with Crippen LogP contribution in [0, 0.1) is 30.5 Å². The molecular formula is C40H52FN7O5. The molecule has 13 heteroatoms. The monoisotopic (exact) mass is 729 g/mol. The summed E-state index contributed by atoms with van der Waals surface area (Å²) in [6, 6.07) is 3.16. The zero-order valence-electron chi connectivity index (χ0n) is 31.5. The van der Waals surface area contributed by atoms with E-state index >= 15 is 4.39 Å². The maximum atomic E-state index is 17.3. The van der Waals surface area contributed by atoms with Gasteiger partial charge in [0.25, 0.3) is 0 Å². The first-order valence-corrected chi connectivity index (χ1v) is 19.5. The van der Waals surface area contributed by atoms with Crippen molar-refractivity contribution in [2.45, 2.75) is 96.2 Å². The van der Waals surface area contributed by atoms with Gasteiger partial charge < -0.3 is 29.0 Å². The van der Waals surface area contributed by atoms with Crippen LogP contribution in [0.25, 0.3) is 33.1 Å². The lowest BCUT2D eigenvalue weighted by atomic mass is 9.61. The van der Waals surface area contributed by atoms with Gasteiger partial charge in [-0.1, -0.05) is 6.42 Å². The van der Waals surface area contributed by atoms with Gasteiger partial charge in [-0.2, -0.15) is 15.1 Å². The Balaban J connectivity index is 1.11. The zero-order valence-corrected chi connectivity index (χ0v) is 31.5. The number of pyridine rings is 1. The van der Waals surface area contributed by atoms with Crippen LogP contribution < -0.4 is 14.4 Å². The van der Waals surface area contributed by atoms with E-state index in [4.69, 9.17) is 33.9 Å². The highest BCUT2D eigenvalue weighted by atomic mass is 19.1. The summed E-state index contributed by atoms with van der Waals surface area (Å²) in [5.41, 5.74) is 2.67. The van der Waals surface area contributed by atoms with Gasteiger partial charge in [0.2, 0.25) is 5.88 Å². The molecule has 3 aromatic heterocycles. The highest BCUT2D eigenvalue weighted by molar-refractivity contribution is 6.01. The number of aromatic amines is 1. The summed E-state index contributed by atoms with van der Waals surface area (Å²) < 4.78 is 41.6. The third-order valence-electron chi connectivity index (χ3n) is 13.2. The number of likely N-dealkylation sites (tertiary alicyclic amines) is 1. The molecule has 284 valence electrons. The van der Waals surface area contributed by atoms with Gasteiger partial charge >= 0.3 is 6.01 Å². The molecule has 2 aliphatic carbocycles. The van der Waals surface area contributed by atoms with Crippen LogP contribution in [0.1, 0.15) is 75.8 Å². The largest absolute Gasteiger partial charge is 0.480 e. The van der Waals surface area contributed by atoms with Crippen LogP contribution in [0.5, 0.6) is 11.9 Å². The number of fused-ring (bicyclic) bond motifs is 3. The first-order chi connectivity index (χ1) is 25.6. The summed E-state index contributed by atoms with van der Waals surface area (Å²) in [4.78, 5) is 19.3. The lowest BCUT2D eigenvalue weighted by Crippen LogP contribution is -2.61. The molecule has 5 aliphatic rings. The van der Waals surface area contributed by atoms with E-state index < -0.39 is 11.4 Å². The molecule has 3 atom stereocenters. The van der Waals surface area contributed by atoms with Gasteiger partial charge in [0, 0.05) is 41.6 Å². The quantitative estimate of drug-likeness (QED) is 0.236. The Kier molecular flexibility index (Phi) is 8.79. The summed E-state index contributed by atoms with van der Waals surface area (Å²) in [5, 5.41) is 19.6. The van der Waals surface area contributed by atoms with E-state index in [2.05, 4.69) is 15.1 Å². The number of aryl methyl sites for hydroxylation is 1. The number of hydrogen-bond acceptors (Lipinski definition) is 11. The molecule has 3 aliphatic heterocycles. The highest BCUT2D eigenvalue weighted by Crippen LogP contribution is 2.55. The molecule has 3 unspecified atom stereocenters. The van der Waals surface area contributed by atoms with E-state index in [-0.39, 0.29) is 41.7 Å². The Bertz CT molecular complexity index is 2020. The van der Waals surface area contributed by atoms with Gasteiger partial charge in [-0.05, 0) is 101 Å². The Morgan fingerprint density at radius 3 is 2.68 bits per heavy atom. The summed E-state index contributed by atoms with van der Waals surface area (Å²) in [5.74, 6) is 0.00853. The van der Waals surface area contributed by atoms with Crippen LogP contribution in [-0.4, -0.2) is 113 Å². The Morgan fingerprint density at radius 1 is 1.04 bits per heavy atom. The van der Waals surface area contributed by atoms with Crippen LogP contribution in [0.3, 0.4) is 0 Å². The molecule has 2 saturated carbocycles. The molecule has 6 heterocycles. The third kappa shape index (κ3) is 6.02. The molecule has 3 saturated heterocycles. The average molecular weight is 730 g/mol. The topological polar surface area (TPSA) is 131 Å². The fourth-order valence-electron chi connectivity index (χ4n) is 10.5.